The van der Waals surface area contributed by atoms with Gasteiger partial charge in [-0.05, 0) is 23.6 Å². The molecule has 2 aromatic rings. The van der Waals surface area contributed by atoms with E-state index in [1.165, 1.54) is 4.88 Å². The number of benzene rings is 1. The lowest BCUT2D eigenvalue weighted by Gasteiger charge is -2.34. The van der Waals surface area contributed by atoms with Gasteiger partial charge in [-0.2, -0.15) is 0 Å². The Hall–Kier alpha value is -2.51. The van der Waals surface area contributed by atoms with Gasteiger partial charge in [-0.1, -0.05) is 6.07 Å². The SMILES string of the molecule is COc1cc(OC)c(OC)cc1/C=C/C(=O)N1CCN(Cc2cccs2)CC1. The summed E-state index contributed by atoms with van der Waals surface area (Å²) in [5.41, 5.74) is 0.768. The van der Waals surface area contributed by atoms with Gasteiger partial charge in [0, 0.05) is 55.3 Å². The highest BCUT2D eigenvalue weighted by molar-refractivity contribution is 7.09. The molecular weight excluding hydrogens is 376 g/mol. The van der Waals surface area contributed by atoms with E-state index in [0.29, 0.717) is 17.2 Å². The van der Waals surface area contributed by atoms with Crippen molar-refractivity contribution in [3.63, 3.8) is 0 Å². The second kappa shape index (κ2) is 9.61. The number of rotatable bonds is 7. The third-order valence-electron chi connectivity index (χ3n) is 4.78. The number of hydrogen-bond acceptors (Lipinski definition) is 6. The van der Waals surface area contributed by atoms with Crippen LogP contribution in [-0.4, -0.2) is 63.2 Å². The Bertz CT molecular complexity index is 812. The molecule has 0 unspecified atom stereocenters. The van der Waals surface area contributed by atoms with Crippen molar-refractivity contribution >= 4 is 23.3 Å². The van der Waals surface area contributed by atoms with Gasteiger partial charge in [0.15, 0.2) is 11.5 Å². The van der Waals surface area contributed by atoms with E-state index in [9.17, 15) is 4.79 Å². The maximum absolute atomic E-state index is 12.6. The van der Waals surface area contributed by atoms with Crippen LogP contribution in [-0.2, 0) is 11.3 Å². The molecule has 1 fully saturated rings. The quantitative estimate of drug-likeness (QED) is 0.666. The molecule has 0 atom stereocenters. The number of piperazine rings is 1. The van der Waals surface area contributed by atoms with Gasteiger partial charge in [0.2, 0.25) is 5.91 Å². The van der Waals surface area contributed by atoms with Crippen LogP contribution in [0.3, 0.4) is 0 Å². The second-order valence-electron chi connectivity index (χ2n) is 6.46. The lowest BCUT2D eigenvalue weighted by molar-refractivity contribution is -0.127. The normalized spacial score (nSPS) is 15.0. The van der Waals surface area contributed by atoms with Crippen LogP contribution in [0.25, 0.3) is 6.08 Å². The Morgan fingerprint density at radius 2 is 1.71 bits per heavy atom. The maximum atomic E-state index is 12.6. The van der Waals surface area contributed by atoms with E-state index in [0.717, 1.165) is 38.3 Å². The van der Waals surface area contributed by atoms with Crippen LogP contribution >= 0.6 is 11.3 Å². The Morgan fingerprint density at radius 1 is 1.04 bits per heavy atom. The van der Waals surface area contributed by atoms with Crippen molar-refractivity contribution in [3.8, 4) is 17.2 Å². The molecule has 3 rings (SSSR count). The predicted octanol–water partition coefficient (Wildman–Crippen LogP) is 3.13. The summed E-state index contributed by atoms with van der Waals surface area (Å²) in [6.45, 7) is 4.20. The van der Waals surface area contributed by atoms with E-state index in [1.807, 2.05) is 4.90 Å². The average molecular weight is 403 g/mol. The number of nitrogens with zero attached hydrogens (tertiary/aromatic N) is 2. The van der Waals surface area contributed by atoms with Crippen molar-refractivity contribution in [2.75, 3.05) is 47.5 Å². The van der Waals surface area contributed by atoms with Crippen molar-refractivity contribution in [2.45, 2.75) is 6.54 Å². The molecule has 1 saturated heterocycles. The van der Waals surface area contributed by atoms with Crippen LogP contribution in [0.2, 0.25) is 0 Å². The standard InChI is InChI=1S/C21H26N2O4S/c1-25-18-14-20(27-3)19(26-2)13-16(18)6-7-21(24)23-10-8-22(9-11-23)15-17-5-4-12-28-17/h4-7,12-14H,8-11,15H2,1-3H3/b7-6+. The smallest absolute Gasteiger partial charge is 0.246 e. The average Bonchev–Trinajstić information content (AvgIpc) is 3.24. The van der Waals surface area contributed by atoms with Gasteiger partial charge in [0.1, 0.15) is 5.75 Å². The van der Waals surface area contributed by atoms with Crippen LogP contribution in [0, 0.1) is 0 Å². The van der Waals surface area contributed by atoms with Gasteiger partial charge in [-0.15, -0.1) is 11.3 Å². The molecule has 0 radical (unpaired) electrons. The molecule has 1 aliphatic heterocycles. The van der Waals surface area contributed by atoms with E-state index in [2.05, 4.69) is 22.4 Å². The first kappa shape index (κ1) is 20.2. The molecule has 150 valence electrons. The van der Waals surface area contributed by atoms with Crippen molar-refractivity contribution in [3.05, 3.63) is 46.2 Å². The lowest BCUT2D eigenvalue weighted by Crippen LogP contribution is -2.47. The fourth-order valence-electron chi connectivity index (χ4n) is 3.20. The molecule has 0 N–H and O–H groups in total. The van der Waals surface area contributed by atoms with Gasteiger partial charge in [0.05, 0.1) is 21.3 Å². The molecule has 0 bridgehead atoms. The minimum absolute atomic E-state index is 0.00705. The largest absolute Gasteiger partial charge is 0.496 e. The number of hydrogen-bond donors (Lipinski definition) is 0. The van der Waals surface area contributed by atoms with Crippen LogP contribution in [0.1, 0.15) is 10.4 Å². The van der Waals surface area contributed by atoms with E-state index >= 15 is 0 Å². The molecule has 0 aliphatic carbocycles. The molecule has 1 amide bonds. The molecule has 7 heteroatoms. The molecule has 1 aliphatic rings. The first-order valence-corrected chi connectivity index (χ1v) is 10.0. The number of carbonyl (C=O) groups is 1. The summed E-state index contributed by atoms with van der Waals surface area (Å²) in [6.07, 6.45) is 3.36. The minimum Gasteiger partial charge on any atom is -0.496 e. The third kappa shape index (κ3) is 4.85. The van der Waals surface area contributed by atoms with E-state index in [4.69, 9.17) is 14.2 Å². The Labute approximate surface area is 169 Å². The lowest BCUT2D eigenvalue weighted by atomic mass is 10.1. The molecular formula is C21H26N2O4S. The van der Waals surface area contributed by atoms with Crippen molar-refractivity contribution in [1.82, 2.24) is 9.80 Å². The first-order chi connectivity index (χ1) is 13.6. The highest BCUT2D eigenvalue weighted by Gasteiger charge is 2.20. The first-order valence-electron chi connectivity index (χ1n) is 9.16. The van der Waals surface area contributed by atoms with Crippen molar-refractivity contribution in [1.29, 1.82) is 0 Å². The maximum Gasteiger partial charge on any atom is 0.246 e. The number of amides is 1. The van der Waals surface area contributed by atoms with E-state index < -0.39 is 0 Å². The molecule has 1 aromatic heterocycles. The van der Waals surface area contributed by atoms with Gasteiger partial charge in [-0.25, -0.2) is 0 Å². The Kier molecular flexibility index (Phi) is 6.95. The third-order valence-corrected chi connectivity index (χ3v) is 5.65. The summed E-state index contributed by atoms with van der Waals surface area (Å²) in [4.78, 5) is 18.2. The van der Waals surface area contributed by atoms with Crippen LogP contribution < -0.4 is 14.2 Å². The molecule has 0 spiro atoms. The summed E-state index contributed by atoms with van der Waals surface area (Å²) in [5.74, 6) is 1.82. The summed E-state index contributed by atoms with van der Waals surface area (Å²) in [6, 6.07) is 7.79. The number of methoxy groups -OCH3 is 3. The van der Waals surface area contributed by atoms with E-state index in [-0.39, 0.29) is 5.91 Å². The fraction of sp³-hybridized carbons (Fsp3) is 0.381. The molecule has 6 nitrogen and oxygen atoms in total. The monoisotopic (exact) mass is 402 g/mol. The van der Waals surface area contributed by atoms with Gasteiger partial charge >= 0.3 is 0 Å². The molecule has 1 aromatic carbocycles. The zero-order chi connectivity index (χ0) is 19.9. The number of thiophene rings is 1. The topological polar surface area (TPSA) is 51.2 Å². The highest BCUT2D eigenvalue weighted by atomic mass is 32.1. The summed E-state index contributed by atoms with van der Waals surface area (Å²) in [5, 5.41) is 2.10. The summed E-state index contributed by atoms with van der Waals surface area (Å²) in [7, 11) is 4.75. The Morgan fingerprint density at radius 3 is 2.32 bits per heavy atom. The number of carbonyl (C=O) groups excluding carboxylic acids is 1. The fourth-order valence-corrected chi connectivity index (χ4v) is 3.95. The predicted molar refractivity (Wildman–Crippen MR) is 111 cm³/mol. The van der Waals surface area contributed by atoms with Crippen molar-refractivity contribution < 1.29 is 19.0 Å². The molecule has 2 heterocycles. The van der Waals surface area contributed by atoms with Gasteiger partial charge in [0.25, 0.3) is 0 Å². The minimum atomic E-state index is 0.00705. The zero-order valence-corrected chi connectivity index (χ0v) is 17.3. The number of ether oxygens (including phenoxy) is 3. The summed E-state index contributed by atoms with van der Waals surface area (Å²) < 4.78 is 16.0. The zero-order valence-electron chi connectivity index (χ0n) is 16.5. The van der Waals surface area contributed by atoms with Crippen LogP contribution in [0.4, 0.5) is 0 Å². The van der Waals surface area contributed by atoms with Crippen LogP contribution in [0.15, 0.2) is 35.7 Å². The van der Waals surface area contributed by atoms with E-state index in [1.54, 1.807) is 57.0 Å². The highest BCUT2D eigenvalue weighted by Crippen LogP contribution is 2.35. The Balaban J connectivity index is 1.61. The van der Waals surface area contributed by atoms with Gasteiger partial charge in [-0.3, -0.25) is 9.69 Å². The van der Waals surface area contributed by atoms with Gasteiger partial charge < -0.3 is 19.1 Å². The van der Waals surface area contributed by atoms with Crippen molar-refractivity contribution in [2.24, 2.45) is 0 Å². The molecule has 28 heavy (non-hydrogen) atoms. The second-order valence-corrected chi connectivity index (χ2v) is 7.50. The molecule has 0 saturated carbocycles. The summed E-state index contributed by atoms with van der Waals surface area (Å²) >= 11 is 1.77. The van der Waals surface area contributed by atoms with Crippen LogP contribution in [0.5, 0.6) is 17.2 Å².